The second kappa shape index (κ2) is 8.00. The molecule has 30 heavy (non-hydrogen) atoms. The predicted octanol–water partition coefficient (Wildman–Crippen LogP) is 5.31. The third-order valence-corrected chi connectivity index (χ3v) is 7.27. The summed E-state index contributed by atoms with van der Waals surface area (Å²) in [7, 11) is 0. The van der Waals surface area contributed by atoms with Crippen LogP contribution in [-0.4, -0.2) is 48.6 Å². The van der Waals surface area contributed by atoms with Gasteiger partial charge in [-0.1, -0.05) is 30.3 Å². The number of likely N-dealkylation sites (tertiary alicyclic amines) is 1. The van der Waals surface area contributed by atoms with Crippen molar-refractivity contribution in [3.63, 3.8) is 0 Å². The van der Waals surface area contributed by atoms with E-state index in [-0.39, 0.29) is 5.91 Å². The van der Waals surface area contributed by atoms with Crippen molar-refractivity contribution in [3.8, 4) is 0 Å². The van der Waals surface area contributed by atoms with Gasteiger partial charge in [0, 0.05) is 57.6 Å². The fourth-order valence-electron chi connectivity index (χ4n) is 4.25. The van der Waals surface area contributed by atoms with Crippen molar-refractivity contribution in [3.05, 3.63) is 52.5 Å². The van der Waals surface area contributed by atoms with E-state index >= 15 is 0 Å². The molecular formula is C23H23ClN2O3S. The molecule has 0 saturated carbocycles. The maximum Gasteiger partial charge on any atom is 0.253 e. The molecule has 3 aliphatic rings. The zero-order chi connectivity index (χ0) is 20.7. The Morgan fingerprint density at radius 2 is 1.87 bits per heavy atom. The fourth-order valence-corrected chi connectivity index (χ4v) is 5.43. The van der Waals surface area contributed by atoms with Crippen molar-refractivity contribution in [2.24, 2.45) is 4.99 Å². The van der Waals surface area contributed by atoms with Crippen LogP contribution in [0.25, 0.3) is 0 Å². The lowest BCUT2D eigenvalue weighted by Gasteiger charge is -2.37. The highest BCUT2D eigenvalue weighted by atomic mass is 35.5. The average Bonchev–Trinajstić information content (AvgIpc) is 3.15. The maximum absolute atomic E-state index is 13.2. The first-order chi connectivity index (χ1) is 14.6. The molecule has 156 valence electrons. The summed E-state index contributed by atoms with van der Waals surface area (Å²) < 4.78 is 11.6. The zero-order valence-corrected chi connectivity index (χ0v) is 18.4. The second-order valence-corrected chi connectivity index (χ2v) is 9.26. The van der Waals surface area contributed by atoms with Gasteiger partial charge in [0.1, 0.15) is 0 Å². The molecule has 5 rings (SSSR count). The van der Waals surface area contributed by atoms with Crippen LogP contribution in [0.2, 0.25) is 5.02 Å². The summed E-state index contributed by atoms with van der Waals surface area (Å²) in [6.07, 6.45) is 2.22. The second-order valence-electron chi connectivity index (χ2n) is 7.74. The minimum Gasteiger partial charge on any atom is -0.347 e. The molecule has 2 aromatic carbocycles. The molecule has 2 saturated heterocycles. The molecule has 0 unspecified atom stereocenters. The third-order valence-electron chi connectivity index (χ3n) is 5.89. The first-order valence-corrected chi connectivity index (χ1v) is 11.5. The fraction of sp³-hybridized carbons (Fsp3) is 0.391. The van der Waals surface area contributed by atoms with E-state index in [1.54, 1.807) is 11.8 Å². The number of rotatable bonds is 2. The maximum atomic E-state index is 13.2. The number of fused-ring (bicyclic) bond motifs is 2. The summed E-state index contributed by atoms with van der Waals surface area (Å²) in [6, 6.07) is 11.7. The summed E-state index contributed by atoms with van der Waals surface area (Å²) in [6.45, 7) is 4.64. The van der Waals surface area contributed by atoms with Gasteiger partial charge in [-0.15, -0.1) is 0 Å². The highest BCUT2D eigenvalue weighted by Gasteiger charge is 2.40. The third kappa shape index (κ3) is 3.66. The molecule has 0 aliphatic carbocycles. The topological polar surface area (TPSA) is 51.1 Å². The number of hydrogen-bond acceptors (Lipinski definition) is 5. The Kier molecular flexibility index (Phi) is 5.35. The summed E-state index contributed by atoms with van der Waals surface area (Å²) >= 11 is 7.90. The van der Waals surface area contributed by atoms with Crippen molar-refractivity contribution in [1.29, 1.82) is 0 Å². The van der Waals surface area contributed by atoms with Gasteiger partial charge in [-0.25, -0.2) is 0 Å². The summed E-state index contributed by atoms with van der Waals surface area (Å²) in [5.41, 5.74) is 3.56. The lowest BCUT2D eigenvalue weighted by molar-refractivity contribution is -0.181. The van der Waals surface area contributed by atoms with Gasteiger partial charge in [0.15, 0.2) is 5.79 Å². The Balaban J connectivity index is 1.41. The van der Waals surface area contributed by atoms with E-state index in [2.05, 4.69) is 6.92 Å². The minimum absolute atomic E-state index is 0.0358. The molecule has 1 spiro atoms. The quantitative estimate of drug-likeness (QED) is 0.632. The van der Waals surface area contributed by atoms with Gasteiger partial charge in [0.2, 0.25) is 0 Å². The molecule has 0 N–H and O–H groups in total. The van der Waals surface area contributed by atoms with Gasteiger partial charge < -0.3 is 14.4 Å². The number of piperidine rings is 1. The van der Waals surface area contributed by atoms with Crippen LogP contribution in [0.5, 0.6) is 0 Å². The number of nitrogens with zero attached hydrogens (tertiary/aromatic N) is 2. The lowest BCUT2D eigenvalue weighted by Crippen LogP contribution is -2.47. The molecule has 0 aromatic heterocycles. The van der Waals surface area contributed by atoms with E-state index in [9.17, 15) is 4.79 Å². The van der Waals surface area contributed by atoms with E-state index in [0.717, 1.165) is 33.2 Å². The van der Waals surface area contributed by atoms with Crippen LogP contribution in [0.3, 0.4) is 0 Å². The highest BCUT2D eigenvalue weighted by molar-refractivity contribution is 7.99. The van der Waals surface area contributed by atoms with E-state index in [1.807, 2.05) is 41.3 Å². The minimum atomic E-state index is -0.478. The Bertz CT molecular complexity index is 1020. The van der Waals surface area contributed by atoms with Gasteiger partial charge in [-0.3, -0.25) is 9.79 Å². The summed E-state index contributed by atoms with van der Waals surface area (Å²) in [4.78, 5) is 22.1. The Labute approximate surface area is 185 Å². The molecule has 3 heterocycles. The molecule has 0 bridgehead atoms. The Morgan fingerprint density at radius 3 is 2.60 bits per heavy atom. The van der Waals surface area contributed by atoms with Gasteiger partial charge >= 0.3 is 0 Å². The molecule has 2 fully saturated rings. The van der Waals surface area contributed by atoms with Crippen molar-refractivity contribution in [2.45, 2.75) is 41.8 Å². The van der Waals surface area contributed by atoms with Crippen LogP contribution in [0, 0.1) is 0 Å². The van der Waals surface area contributed by atoms with E-state index < -0.39 is 5.79 Å². The zero-order valence-electron chi connectivity index (χ0n) is 16.8. The lowest BCUT2D eigenvalue weighted by atomic mass is 10.0. The number of carbonyl (C=O) groups excluding carboxylic acids is 1. The smallest absolute Gasteiger partial charge is 0.253 e. The highest BCUT2D eigenvalue weighted by Crippen LogP contribution is 2.42. The number of hydrogen-bond donors (Lipinski definition) is 0. The monoisotopic (exact) mass is 442 g/mol. The predicted molar refractivity (Wildman–Crippen MR) is 118 cm³/mol. The number of ether oxygens (including phenoxy) is 2. The van der Waals surface area contributed by atoms with Crippen LogP contribution >= 0.6 is 23.4 Å². The summed E-state index contributed by atoms with van der Waals surface area (Å²) in [5, 5.41) is 0.704. The first-order valence-electron chi connectivity index (χ1n) is 10.3. The van der Waals surface area contributed by atoms with E-state index in [4.69, 9.17) is 26.1 Å². The van der Waals surface area contributed by atoms with Gasteiger partial charge in [0.25, 0.3) is 5.91 Å². The van der Waals surface area contributed by atoms with Crippen molar-refractivity contribution in [2.75, 3.05) is 26.3 Å². The summed E-state index contributed by atoms with van der Waals surface area (Å²) in [5.74, 6) is -0.442. The standard InChI is InChI=1S/C23H23ClN2O3S/c1-2-18-17-14-16(24)4-6-20(17)30-21-5-3-15(13-19(21)25-18)22(27)26-9-7-23(8-10-26)28-11-12-29-23/h3-6,13-14H,2,7-12H2,1H3. The largest absolute Gasteiger partial charge is 0.347 e. The molecule has 3 aliphatic heterocycles. The molecule has 0 radical (unpaired) electrons. The number of amides is 1. The van der Waals surface area contributed by atoms with Crippen LogP contribution in [0.4, 0.5) is 5.69 Å². The molecule has 5 nitrogen and oxygen atoms in total. The van der Waals surface area contributed by atoms with E-state index in [1.165, 1.54) is 0 Å². The molecule has 2 aromatic rings. The number of benzene rings is 2. The molecule has 0 atom stereocenters. The van der Waals surface area contributed by atoms with Gasteiger partial charge in [-0.2, -0.15) is 0 Å². The normalized spacial score (nSPS) is 19.8. The number of halogens is 1. The van der Waals surface area contributed by atoms with Crippen LogP contribution < -0.4 is 0 Å². The molecular weight excluding hydrogens is 420 g/mol. The number of aliphatic imine (C=N–C) groups is 1. The Morgan fingerprint density at radius 1 is 1.13 bits per heavy atom. The average molecular weight is 443 g/mol. The van der Waals surface area contributed by atoms with Crippen LogP contribution in [-0.2, 0) is 9.47 Å². The van der Waals surface area contributed by atoms with Crippen LogP contribution in [0.15, 0.2) is 51.2 Å². The number of carbonyl (C=O) groups is 1. The van der Waals surface area contributed by atoms with E-state index in [0.29, 0.717) is 49.7 Å². The van der Waals surface area contributed by atoms with Crippen molar-refractivity contribution in [1.82, 2.24) is 4.90 Å². The van der Waals surface area contributed by atoms with Crippen LogP contribution in [0.1, 0.15) is 42.1 Å². The SMILES string of the molecule is CCC1=Nc2cc(C(=O)N3CCC4(CC3)OCCO4)ccc2Sc2ccc(Cl)cc21. The molecule has 1 amide bonds. The van der Waals surface area contributed by atoms with Gasteiger partial charge in [0.05, 0.1) is 18.9 Å². The Hall–Kier alpha value is -1.86. The van der Waals surface area contributed by atoms with Crippen molar-refractivity contribution < 1.29 is 14.3 Å². The first kappa shape index (κ1) is 20.1. The van der Waals surface area contributed by atoms with Gasteiger partial charge in [-0.05, 0) is 42.8 Å². The van der Waals surface area contributed by atoms with Crippen molar-refractivity contribution >= 4 is 40.7 Å². The molecule has 7 heteroatoms.